The van der Waals surface area contributed by atoms with Crippen LogP contribution in [-0.2, 0) is 9.59 Å². The molecular weight excluding hydrogens is 415 g/mol. The van der Waals surface area contributed by atoms with Crippen molar-refractivity contribution in [2.24, 2.45) is 0 Å². The minimum Gasteiger partial charge on any atom is -0.507 e. The SMILES string of the molecule is COc1ccc(F)cc1/C(O)=C1\C(=O)C(=O)N(c2cc(C)ccc2O)C1c1cccnc1. The van der Waals surface area contributed by atoms with Crippen molar-refractivity contribution in [1.82, 2.24) is 4.98 Å². The van der Waals surface area contributed by atoms with E-state index in [2.05, 4.69) is 4.98 Å². The summed E-state index contributed by atoms with van der Waals surface area (Å²) in [7, 11) is 1.34. The van der Waals surface area contributed by atoms with E-state index in [9.17, 15) is 24.2 Å². The van der Waals surface area contributed by atoms with Gasteiger partial charge in [-0.3, -0.25) is 19.5 Å². The van der Waals surface area contributed by atoms with Crippen molar-refractivity contribution >= 4 is 23.1 Å². The number of rotatable bonds is 4. The first kappa shape index (κ1) is 21.0. The van der Waals surface area contributed by atoms with Gasteiger partial charge in [-0.05, 0) is 54.4 Å². The maximum Gasteiger partial charge on any atom is 0.300 e. The number of aliphatic hydroxyl groups excluding tert-OH is 1. The number of pyridine rings is 1. The average molecular weight is 434 g/mol. The lowest BCUT2D eigenvalue weighted by molar-refractivity contribution is -0.132. The molecule has 162 valence electrons. The number of aryl methyl sites for hydroxylation is 1. The number of phenols is 1. The fourth-order valence-electron chi connectivity index (χ4n) is 3.77. The lowest BCUT2D eigenvalue weighted by atomic mass is 9.95. The molecule has 1 aromatic heterocycles. The average Bonchev–Trinajstić information content (AvgIpc) is 3.06. The van der Waals surface area contributed by atoms with Crippen LogP contribution in [0.3, 0.4) is 0 Å². The maximum atomic E-state index is 14.0. The summed E-state index contributed by atoms with van der Waals surface area (Å²) in [6, 6.07) is 10.3. The first-order chi connectivity index (χ1) is 15.3. The number of anilines is 1. The van der Waals surface area contributed by atoms with Crippen LogP contribution >= 0.6 is 0 Å². The van der Waals surface area contributed by atoms with Crippen LogP contribution in [0.5, 0.6) is 11.5 Å². The van der Waals surface area contributed by atoms with E-state index in [0.29, 0.717) is 5.56 Å². The summed E-state index contributed by atoms with van der Waals surface area (Å²) in [6.07, 6.45) is 2.97. The van der Waals surface area contributed by atoms with Crippen LogP contribution in [0.25, 0.3) is 5.76 Å². The van der Waals surface area contributed by atoms with Gasteiger partial charge in [-0.25, -0.2) is 4.39 Å². The first-order valence-corrected chi connectivity index (χ1v) is 9.68. The standard InChI is InChI=1S/C24H19FN2O5/c1-13-5-7-18(28)17(10-13)27-21(14-4-3-9-26-12-14)20(23(30)24(27)31)22(29)16-11-15(25)6-8-19(16)32-2/h3-12,21,28-29H,1-2H3/b22-20+. The molecule has 1 amide bonds. The number of hydrogen-bond donors (Lipinski definition) is 2. The number of Topliss-reactive ketones (excluding diaryl/α,β-unsaturated/α-hetero) is 1. The fraction of sp³-hybridized carbons (Fsp3) is 0.125. The molecule has 1 unspecified atom stereocenters. The van der Waals surface area contributed by atoms with Crippen molar-refractivity contribution in [3.8, 4) is 11.5 Å². The highest BCUT2D eigenvalue weighted by Crippen LogP contribution is 2.45. The van der Waals surface area contributed by atoms with E-state index in [1.54, 1.807) is 31.2 Å². The van der Waals surface area contributed by atoms with Crippen LogP contribution in [0.15, 0.2) is 66.5 Å². The maximum absolute atomic E-state index is 14.0. The number of benzene rings is 2. The molecule has 2 heterocycles. The number of ether oxygens (including phenoxy) is 1. The first-order valence-electron chi connectivity index (χ1n) is 9.68. The third kappa shape index (κ3) is 3.45. The van der Waals surface area contributed by atoms with Gasteiger partial charge in [0.05, 0.1) is 30.0 Å². The molecule has 1 atom stereocenters. The minimum absolute atomic E-state index is 0.0761. The summed E-state index contributed by atoms with van der Waals surface area (Å²) in [5.74, 6) is -3.27. The highest BCUT2D eigenvalue weighted by atomic mass is 19.1. The van der Waals surface area contributed by atoms with E-state index >= 15 is 0 Å². The largest absolute Gasteiger partial charge is 0.507 e. The van der Waals surface area contributed by atoms with E-state index in [0.717, 1.165) is 22.6 Å². The van der Waals surface area contributed by atoms with Gasteiger partial charge in [0.2, 0.25) is 0 Å². The Bertz CT molecular complexity index is 1260. The lowest BCUT2D eigenvalue weighted by Gasteiger charge is -2.26. The van der Waals surface area contributed by atoms with Gasteiger partial charge in [0.15, 0.2) is 0 Å². The molecule has 8 heteroatoms. The van der Waals surface area contributed by atoms with E-state index in [-0.39, 0.29) is 28.3 Å². The molecule has 2 N–H and O–H groups in total. The summed E-state index contributed by atoms with van der Waals surface area (Å²) >= 11 is 0. The monoisotopic (exact) mass is 434 g/mol. The highest BCUT2D eigenvalue weighted by molar-refractivity contribution is 6.52. The molecule has 4 rings (SSSR count). The van der Waals surface area contributed by atoms with Crippen LogP contribution in [0.4, 0.5) is 10.1 Å². The number of hydrogen-bond acceptors (Lipinski definition) is 6. The van der Waals surface area contributed by atoms with E-state index in [1.807, 2.05) is 0 Å². The zero-order valence-electron chi connectivity index (χ0n) is 17.2. The molecule has 0 bridgehead atoms. The molecule has 32 heavy (non-hydrogen) atoms. The number of aromatic nitrogens is 1. The zero-order valence-corrected chi connectivity index (χ0v) is 17.2. The van der Waals surface area contributed by atoms with Crippen LogP contribution < -0.4 is 9.64 Å². The number of nitrogens with zero attached hydrogens (tertiary/aromatic N) is 2. The summed E-state index contributed by atoms with van der Waals surface area (Å²) in [5.41, 5.74) is 0.924. The molecule has 0 saturated carbocycles. The second kappa shape index (κ2) is 8.14. The summed E-state index contributed by atoms with van der Waals surface area (Å²) in [5, 5.41) is 21.6. The van der Waals surface area contributed by atoms with Crippen molar-refractivity contribution in [2.75, 3.05) is 12.0 Å². The van der Waals surface area contributed by atoms with Gasteiger partial charge in [-0.1, -0.05) is 12.1 Å². The molecule has 1 aliphatic rings. The number of carbonyl (C=O) groups excluding carboxylic acids is 2. The van der Waals surface area contributed by atoms with Crippen molar-refractivity contribution in [2.45, 2.75) is 13.0 Å². The summed E-state index contributed by atoms with van der Waals surface area (Å²) in [6.45, 7) is 1.77. The van der Waals surface area contributed by atoms with E-state index in [1.165, 1.54) is 31.6 Å². The van der Waals surface area contributed by atoms with Crippen LogP contribution in [-0.4, -0.2) is 34.0 Å². The molecule has 1 saturated heterocycles. The Morgan fingerprint density at radius 1 is 1.16 bits per heavy atom. The fourth-order valence-corrected chi connectivity index (χ4v) is 3.77. The number of aromatic hydroxyl groups is 1. The van der Waals surface area contributed by atoms with E-state index in [4.69, 9.17) is 4.74 Å². The van der Waals surface area contributed by atoms with Crippen molar-refractivity contribution in [1.29, 1.82) is 0 Å². The van der Waals surface area contributed by atoms with Crippen molar-refractivity contribution in [3.05, 3.63) is 89.0 Å². The Morgan fingerprint density at radius 3 is 2.62 bits per heavy atom. The number of amides is 1. The van der Waals surface area contributed by atoms with Gasteiger partial charge >= 0.3 is 0 Å². The lowest BCUT2D eigenvalue weighted by Crippen LogP contribution is -2.29. The van der Waals surface area contributed by atoms with Gasteiger partial charge in [-0.15, -0.1) is 0 Å². The predicted molar refractivity (Wildman–Crippen MR) is 115 cm³/mol. The zero-order chi connectivity index (χ0) is 23.0. The topological polar surface area (TPSA) is 100.0 Å². The predicted octanol–water partition coefficient (Wildman–Crippen LogP) is 3.87. The number of carbonyl (C=O) groups is 2. The molecule has 0 aliphatic carbocycles. The third-order valence-electron chi connectivity index (χ3n) is 5.25. The van der Waals surface area contributed by atoms with Gasteiger partial charge in [0.25, 0.3) is 11.7 Å². The Morgan fingerprint density at radius 2 is 1.94 bits per heavy atom. The highest BCUT2D eigenvalue weighted by Gasteiger charge is 2.48. The molecule has 0 radical (unpaired) electrons. The molecule has 1 aliphatic heterocycles. The number of methoxy groups -OCH3 is 1. The quantitative estimate of drug-likeness (QED) is 0.367. The van der Waals surface area contributed by atoms with Crippen LogP contribution in [0, 0.1) is 12.7 Å². The van der Waals surface area contributed by atoms with Gasteiger partial charge in [0.1, 0.15) is 23.1 Å². The molecule has 2 aromatic carbocycles. The van der Waals surface area contributed by atoms with Crippen LogP contribution in [0.2, 0.25) is 0 Å². The smallest absolute Gasteiger partial charge is 0.300 e. The second-order valence-electron chi connectivity index (χ2n) is 7.29. The van der Waals surface area contributed by atoms with Crippen LogP contribution in [0.1, 0.15) is 22.7 Å². The van der Waals surface area contributed by atoms with Gasteiger partial charge in [0, 0.05) is 12.4 Å². The number of ketones is 1. The Balaban J connectivity index is 2.01. The number of halogens is 1. The number of aliphatic hydroxyl groups is 1. The molecule has 1 fully saturated rings. The number of phenolic OH excluding ortho intramolecular Hbond substituents is 1. The Labute approximate surface area is 183 Å². The van der Waals surface area contributed by atoms with Crippen molar-refractivity contribution < 1.29 is 28.9 Å². The second-order valence-corrected chi connectivity index (χ2v) is 7.29. The molecule has 7 nitrogen and oxygen atoms in total. The van der Waals surface area contributed by atoms with Gasteiger partial charge in [-0.2, -0.15) is 0 Å². The Hall–Kier alpha value is -4.20. The summed E-state index contributed by atoms with van der Waals surface area (Å²) < 4.78 is 19.2. The summed E-state index contributed by atoms with van der Waals surface area (Å²) in [4.78, 5) is 31.4. The van der Waals surface area contributed by atoms with Gasteiger partial charge < -0.3 is 14.9 Å². The molecular formula is C24H19FN2O5. The Kier molecular flexibility index (Phi) is 5.36. The molecule has 3 aromatic rings. The normalized spacial score (nSPS) is 17.6. The van der Waals surface area contributed by atoms with Crippen molar-refractivity contribution in [3.63, 3.8) is 0 Å². The minimum atomic E-state index is -1.11. The third-order valence-corrected chi connectivity index (χ3v) is 5.25. The van der Waals surface area contributed by atoms with E-state index < -0.39 is 29.3 Å². The molecule has 0 spiro atoms.